The van der Waals surface area contributed by atoms with E-state index in [2.05, 4.69) is 258 Å². The van der Waals surface area contributed by atoms with Crippen LogP contribution >= 0.6 is 0 Å². The first-order valence-corrected chi connectivity index (χ1v) is 24.5. The van der Waals surface area contributed by atoms with Gasteiger partial charge in [-0.3, -0.25) is 0 Å². The van der Waals surface area contributed by atoms with E-state index in [4.69, 9.17) is 0 Å². The van der Waals surface area contributed by atoms with E-state index in [0.29, 0.717) is 0 Å². The monoisotopic (exact) mass is 880 g/mol. The second-order valence-electron chi connectivity index (χ2n) is 20.9. The summed E-state index contributed by atoms with van der Waals surface area (Å²) >= 11 is 0. The van der Waals surface area contributed by atoms with Gasteiger partial charge in [-0.05, 0) is 186 Å². The van der Waals surface area contributed by atoms with Crippen molar-refractivity contribution in [3.8, 4) is 22.3 Å². The van der Waals surface area contributed by atoms with E-state index in [-0.39, 0.29) is 10.8 Å². The minimum atomic E-state index is 0.0535. The summed E-state index contributed by atoms with van der Waals surface area (Å²) in [6, 6.07) is 68.9. The largest absolute Gasteiger partial charge is 0.310 e. The van der Waals surface area contributed by atoms with E-state index in [9.17, 15) is 0 Å². The van der Waals surface area contributed by atoms with Gasteiger partial charge in [0.15, 0.2) is 0 Å². The molecule has 0 bridgehead atoms. The van der Waals surface area contributed by atoms with Crippen molar-refractivity contribution in [2.24, 2.45) is 0 Å². The van der Waals surface area contributed by atoms with Crippen LogP contribution in [0.3, 0.4) is 0 Å². The summed E-state index contributed by atoms with van der Waals surface area (Å²) in [7, 11) is 0. The van der Waals surface area contributed by atoms with E-state index < -0.39 is 0 Å². The van der Waals surface area contributed by atoms with Crippen LogP contribution in [-0.2, 0) is 23.7 Å². The number of aryl methyl sites for hydroxylation is 2. The predicted molar refractivity (Wildman–Crippen MR) is 294 cm³/mol. The van der Waals surface area contributed by atoms with Gasteiger partial charge in [0.25, 0.3) is 0 Å². The molecule has 0 saturated carbocycles. The van der Waals surface area contributed by atoms with E-state index in [1.807, 2.05) is 0 Å². The minimum Gasteiger partial charge on any atom is -0.310 e. The summed E-state index contributed by atoms with van der Waals surface area (Å²) in [6.07, 6.45) is 13.4. The Balaban J connectivity index is 1.22. The molecule has 2 aliphatic carbocycles. The molecule has 9 aromatic carbocycles. The van der Waals surface area contributed by atoms with Crippen molar-refractivity contribution < 1.29 is 0 Å². The molecule has 0 aliphatic heterocycles. The van der Waals surface area contributed by atoms with Crippen LogP contribution in [0.25, 0.3) is 56.0 Å². The van der Waals surface area contributed by atoms with Gasteiger partial charge in [-0.15, -0.1) is 0 Å². The normalized spacial score (nSPS) is 13.4. The van der Waals surface area contributed by atoms with Crippen LogP contribution in [0, 0.1) is 0 Å². The van der Waals surface area contributed by atoms with Crippen LogP contribution in [0.1, 0.15) is 87.8 Å². The molecule has 0 atom stereocenters. The Bertz CT molecular complexity index is 3150. The van der Waals surface area contributed by atoms with Gasteiger partial charge in [-0.1, -0.05) is 175 Å². The van der Waals surface area contributed by atoms with E-state index in [1.165, 1.54) is 77.2 Å². The highest BCUT2D eigenvalue weighted by molar-refractivity contribution is 6.23. The molecule has 0 heterocycles. The highest BCUT2D eigenvalue weighted by Crippen LogP contribution is 2.49. The number of benzene rings is 9. The highest BCUT2D eigenvalue weighted by Gasteiger charge is 2.24. The number of allylic oxidation sites excluding steroid dienone is 2. The van der Waals surface area contributed by atoms with Crippen LogP contribution in [0.2, 0.25) is 0 Å². The zero-order valence-electron chi connectivity index (χ0n) is 40.4. The van der Waals surface area contributed by atoms with Crippen LogP contribution in [0.5, 0.6) is 0 Å². The van der Waals surface area contributed by atoms with Crippen molar-refractivity contribution in [1.82, 2.24) is 0 Å². The molecule has 0 unspecified atom stereocenters. The van der Waals surface area contributed by atoms with Crippen LogP contribution in [0.15, 0.2) is 194 Å². The van der Waals surface area contributed by atoms with Crippen LogP contribution < -0.4 is 9.80 Å². The molecule has 2 aliphatic rings. The maximum Gasteiger partial charge on any atom is 0.0468 e. The molecule has 68 heavy (non-hydrogen) atoms. The van der Waals surface area contributed by atoms with Crippen molar-refractivity contribution in [2.75, 3.05) is 9.80 Å². The molecular weight excluding hydrogens is 821 g/mol. The fourth-order valence-electron chi connectivity index (χ4n) is 10.6. The number of para-hydroxylation sites is 2. The third-order valence-corrected chi connectivity index (χ3v) is 14.2. The summed E-state index contributed by atoms with van der Waals surface area (Å²) in [4.78, 5) is 4.85. The molecule has 9 aromatic rings. The van der Waals surface area contributed by atoms with E-state index in [0.717, 1.165) is 59.8 Å². The standard InChI is InChI=1S/C66H60N2/c1-65(2,3)51-29-33-55(34-30-51)67(53-21-9-7-10-22-53)57-37-39-59-61(43-57)63(49-27-25-45-17-13-15-19-47(45)41-49)60-40-38-58(44-62(60)64(59)50-28-26-46-18-14-16-20-48(46)42-50)68(54-23-11-8-12-24-54)56-35-31-52(32-36-56)66(4,5)6/h7-14,17-18,21-44H,15-16,19-20H2,1-6H3. The average Bonchev–Trinajstić information content (AvgIpc) is 3.36. The second kappa shape index (κ2) is 17.3. The Morgan fingerprint density at radius 1 is 0.338 bits per heavy atom. The Kier molecular flexibility index (Phi) is 11.0. The molecular formula is C66H60N2. The summed E-state index contributed by atoms with van der Waals surface area (Å²) in [5, 5.41) is 4.97. The van der Waals surface area contributed by atoms with Gasteiger partial charge in [0.1, 0.15) is 0 Å². The van der Waals surface area contributed by atoms with E-state index >= 15 is 0 Å². The number of hydrogen-bond acceptors (Lipinski definition) is 2. The Labute approximate surface area is 403 Å². The first-order chi connectivity index (χ1) is 33.0. The molecule has 334 valence electrons. The lowest BCUT2D eigenvalue weighted by atomic mass is 9.83. The third kappa shape index (κ3) is 8.13. The highest BCUT2D eigenvalue weighted by atomic mass is 15.1. The molecule has 0 N–H and O–H groups in total. The van der Waals surface area contributed by atoms with Gasteiger partial charge in [-0.25, -0.2) is 0 Å². The fourth-order valence-corrected chi connectivity index (χ4v) is 10.6. The maximum absolute atomic E-state index is 2.48. The topological polar surface area (TPSA) is 6.48 Å². The lowest BCUT2D eigenvalue weighted by Crippen LogP contribution is -2.13. The molecule has 2 heteroatoms. The quantitative estimate of drug-likeness (QED) is 0.140. The lowest BCUT2D eigenvalue weighted by Gasteiger charge is -2.29. The number of rotatable bonds is 8. The summed E-state index contributed by atoms with van der Waals surface area (Å²) in [5.74, 6) is 0. The first kappa shape index (κ1) is 43.2. The Morgan fingerprint density at radius 2 is 0.706 bits per heavy atom. The van der Waals surface area contributed by atoms with Crippen molar-refractivity contribution in [3.05, 3.63) is 228 Å². The molecule has 0 radical (unpaired) electrons. The molecule has 0 saturated heterocycles. The van der Waals surface area contributed by atoms with Crippen molar-refractivity contribution in [2.45, 2.75) is 78.1 Å². The molecule has 11 rings (SSSR count). The van der Waals surface area contributed by atoms with Gasteiger partial charge in [0, 0.05) is 34.1 Å². The van der Waals surface area contributed by atoms with Crippen LogP contribution in [0.4, 0.5) is 34.1 Å². The minimum absolute atomic E-state index is 0.0535. The third-order valence-electron chi connectivity index (χ3n) is 14.2. The molecule has 2 nitrogen and oxygen atoms in total. The van der Waals surface area contributed by atoms with Gasteiger partial charge >= 0.3 is 0 Å². The lowest BCUT2D eigenvalue weighted by molar-refractivity contribution is 0.590. The zero-order chi connectivity index (χ0) is 46.6. The zero-order valence-corrected chi connectivity index (χ0v) is 40.4. The second-order valence-corrected chi connectivity index (χ2v) is 20.9. The number of anilines is 6. The summed E-state index contributed by atoms with van der Waals surface area (Å²) < 4.78 is 0. The van der Waals surface area contributed by atoms with Crippen LogP contribution in [-0.4, -0.2) is 0 Å². The van der Waals surface area contributed by atoms with Gasteiger partial charge < -0.3 is 9.80 Å². The van der Waals surface area contributed by atoms with E-state index in [1.54, 1.807) is 0 Å². The molecule has 0 aromatic heterocycles. The Morgan fingerprint density at radius 3 is 1.09 bits per heavy atom. The predicted octanol–water partition coefficient (Wildman–Crippen LogP) is 18.8. The average molecular weight is 881 g/mol. The summed E-state index contributed by atoms with van der Waals surface area (Å²) in [6.45, 7) is 13.7. The molecule has 0 spiro atoms. The first-order valence-electron chi connectivity index (χ1n) is 24.5. The fraction of sp³-hybridized carbons (Fsp3) is 0.182. The molecule has 0 fully saturated rings. The number of fused-ring (bicyclic) bond motifs is 4. The Hall–Kier alpha value is -7.42. The number of nitrogens with zero attached hydrogens (tertiary/aromatic N) is 2. The van der Waals surface area contributed by atoms with Gasteiger partial charge in [0.2, 0.25) is 0 Å². The van der Waals surface area contributed by atoms with Crippen molar-refractivity contribution in [3.63, 3.8) is 0 Å². The van der Waals surface area contributed by atoms with Gasteiger partial charge in [-0.2, -0.15) is 0 Å². The number of hydrogen-bond donors (Lipinski definition) is 0. The summed E-state index contributed by atoms with van der Waals surface area (Å²) in [5.41, 5.74) is 20.0. The van der Waals surface area contributed by atoms with Crippen molar-refractivity contribution in [1.29, 1.82) is 0 Å². The smallest absolute Gasteiger partial charge is 0.0468 e. The molecule has 0 amide bonds. The maximum atomic E-state index is 2.48. The van der Waals surface area contributed by atoms with Crippen molar-refractivity contribution >= 4 is 67.8 Å². The van der Waals surface area contributed by atoms with Gasteiger partial charge in [0.05, 0.1) is 0 Å². The SMILES string of the molecule is CC(C)(C)c1ccc(N(c2ccccc2)c2ccc3c(-c4ccc5c(c4)CCC=C5)c4cc(N(c5ccccc5)c5ccc(C(C)(C)C)cc5)ccc4c(-c4ccc5c(c4)CCC=C5)c3c2)cc1.